The number of nitrogens with one attached hydrogen (secondary N) is 1. The summed E-state index contributed by atoms with van der Waals surface area (Å²) in [5.74, 6) is 0.708. The van der Waals surface area contributed by atoms with Gasteiger partial charge in [0.2, 0.25) is 0 Å². The fourth-order valence-corrected chi connectivity index (χ4v) is 1.54. The zero-order valence-corrected chi connectivity index (χ0v) is 7.73. The van der Waals surface area contributed by atoms with Crippen LogP contribution in [0.4, 0.5) is 0 Å². The molecule has 2 aromatic rings. The first-order valence-electron chi connectivity index (χ1n) is 3.86. The summed E-state index contributed by atoms with van der Waals surface area (Å²) in [5, 5.41) is 8.32. The van der Waals surface area contributed by atoms with Crippen molar-refractivity contribution in [3.05, 3.63) is 29.5 Å². The van der Waals surface area contributed by atoms with E-state index in [0.717, 1.165) is 11.2 Å². The largest absolute Gasteiger partial charge is 0.280 e. The zero-order valence-electron chi connectivity index (χ0n) is 6.83. The highest BCUT2D eigenvalue weighted by Gasteiger charge is 2.02. The van der Waals surface area contributed by atoms with Gasteiger partial charge in [-0.15, -0.1) is 0 Å². The minimum absolute atomic E-state index is 0.708. The molecule has 1 heterocycles. The number of nitrogens with zero attached hydrogens (tertiary/aromatic N) is 1. The lowest BCUT2D eigenvalue weighted by Gasteiger charge is -1.92. The Balaban J connectivity index is 2.73. The van der Waals surface area contributed by atoms with E-state index >= 15 is 0 Å². The second-order valence-electron chi connectivity index (χ2n) is 2.88. The molecule has 62 valence electrons. The minimum atomic E-state index is 0.708. The molecule has 1 aromatic heterocycles. The third-order valence-electron chi connectivity index (χ3n) is 1.95. The molecule has 0 bridgehead atoms. The van der Waals surface area contributed by atoms with Crippen molar-refractivity contribution in [2.24, 2.45) is 0 Å². The Hall–Kier alpha value is -0.960. The first-order valence-corrected chi connectivity index (χ1v) is 4.49. The van der Waals surface area contributed by atoms with E-state index in [4.69, 9.17) is 0 Å². The van der Waals surface area contributed by atoms with Crippen LogP contribution in [0.2, 0.25) is 0 Å². The predicted molar refractivity (Wildman–Crippen MR) is 53.5 cm³/mol. The fraction of sp³-hybridized carbons (Fsp3) is 0.222. The van der Waals surface area contributed by atoms with Crippen LogP contribution in [0.1, 0.15) is 11.3 Å². The normalized spacial score (nSPS) is 10.8. The lowest BCUT2D eigenvalue weighted by atomic mass is 10.1. The molecule has 2 nitrogen and oxygen atoms in total. The van der Waals surface area contributed by atoms with E-state index in [2.05, 4.69) is 47.9 Å². The second-order valence-corrected chi connectivity index (χ2v) is 3.20. The van der Waals surface area contributed by atoms with E-state index in [0.29, 0.717) is 5.75 Å². The summed E-state index contributed by atoms with van der Waals surface area (Å²) in [6.45, 7) is 2.06. The van der Waals surface area contributed by atoms with Crippen LogP contribution in [0.5, 0.6) is 0 Å². The quantitative estimate of drug-likeness (QED) is 0.644. The molecule has 0 unspecified atom stereocenters. The molecule has 0 spiro atoms. The van der Waals surface area contributed by atoms with Crippen molar-refractivity contribution in [3.63, 3.8) is 0 Å². The molecule has 0 saturated heterocycles. The molecule has 3 heteroatoms. The Bertz CT molecular complexity index is 406. The minimum Gasteiger partial charge on any atom is -0.280 e. The number of H-pyrrole nitrogens is 1. The van der Waals surface area contributed by atoms with E-state index in [9.17, 15) is 0 Å². The van der Waals surface area contributed by atoms with Gasteiger partial charge < -0.3 is 0 Å². The second kappa shape index (κ2) is 2.83. The molecular weight excluding hydrogens is 168 g/mol. The van der Waals surface area contributed by atoms with E-state index in [1.54, 1.807) is 0 Å². The van der Waals surface area contributed by atoms with E-state index < -0.39 is 0 Å². The molecular formula is C9H10N2S. The molecule has 1 aromatic carbocycles. The van der Waals surface area contributed by atoms with Gasteiger partial charge in [-0.05, 0) is 18.6 Å². The molecule has 2 rings (SSSR count). The molecule has 0 atom stereocenters. The molecule has 12 heavy (non-hydrogen) atoms. The number of hydrogen-bond donors (Lipinski definition) is 2. The van der Waals surface area contributed by atoms with Gasteiger partial charge in [0.05, 0.1) is 11.2 Å². The Kier molecular flexibility index (Phi) is 1.81. The maximum atomic E-state index is 4.21. The van der Waals surface area contributed by atoms with Gasteiger partial charge in [-0.3, -0.25) is 5.10 Å². The van der Waals surface area contributed by atoms with Crippen molar-refractivity contribution >= 4 is 23.5 Å². The van der Waals surface area contributed by atoms with Gasteiger partial charge in [0, 0.05) is 11.1 Å². The molecule has 0 amide bonds. The number of benzene rings is 1. The van der Waals surface area contributed by atoms with Crippen LogP contribution in [0.15, 0.2) is 18.2 Å². The Morgan fingerprint density at radius 1 is 1.50 bits per heavy atom. The van der Waals surface area contributed by atoms with Gasteiger partial charge in [0.1, 0.15) is 0 Å². The van der Waals surface area contributed by atoms with Crippen LogP contribution in [0, 0.1) is 6.92 Å². The maximum absolute atomic E-state index is 4.21. The van der Waals surface area contributed by atoms with Crippen molar-refractivity contribution in [3.8, 4) is 0 Å². The third-order valence-corrected chi connectivity index (χ3v) is 2.26. The van der Waals surface area contributed by atoms with Crippen LogP contribution < -0.4 is 0 Å². The van der Waals surface area contributed by atoms with Crippen LogP contribution in [0.25, 0.3) is 10.9 Å². The van der Waals surface area contributed by atoms with Gasteiger partial charge in [-0.2, -0.15) is 17.7 Å². The smallest absolute Gasteiger partial charge is 0.0926 e. The lowest BCUT2D eigenvalue weighted by molar-refractivity contribution is 1.06. The van der Waals surface area contributed by atoms with Gasteiger partial charge in [-0.25, -0.2) is 0 Å². The number of hydrogen-bond acceptors (Lipinski definition) is 2. The van der Waals surface area contributed by atoms with Gasteiger partial charge >= 0.3 is 0 Å². The first-order chi connectivity index (χ1) is 5.81. The highest BCUT2D eigenvalue weighted by Crippen LogP contribution is 2.17. The predicted octanol–water partition coefficient (Wildman–Crippen LogP) is 2.30. The van der Waals surface area contributed by atoms with Crippen LogP contribution in [0.3, 0.4) is 0 Å². The number of aromatic amines is 1. The lowest BCUT2D eigenvalue weighted by Crippen LogP contribution is -1.76. The third kappa shape index (κ3) is 1.10. The Morgan fingerprint density at radius 2 is 2.33 bits per heavy atom. The van der Waals surface area contributed by atoms with E-state index in [1.165, 1.54) is 10.9 Å². The summed E-state index contributed by atoms with van der Waals surface area (Å²) in [7, 11) is 0. The highest BCUT2D eigenvalue weighted by molar-refractivity contribution is 7.79. The summed E-state index contributed by atoms with van der Waals surface area (Å²) in [6, 6.07) is 6.24. The molecule has 0 fully saturated rings. The number of fused-ring (bicyclic) bond motifs is 1. The Morgan fingerprint density at radius 3 is 3.08 bits per heavy atom. The number of rotatable bonds is 1. The Labute approximate surface area is 76.4 Å². The van der Waals surface area contributed by atoms with Crippen LogP contribution in [-0.2, 0) is 5.75 Å². The summed E-state index contributed by atoms with van der Waals surface area (Å²) in [6.07, 6.45) is 0. The standard InChI is InChI=1S/C9H10N2S/c1-6-2-3-7-8(4-6)10-11-9(7)5-12/h2-4,12H,5H2,1H3,(H,10,11). The van der Waals surface area contributed by atoms with Crippen LogP contribution >= 0.6 is 12.6 Å². The van der Waals surface area contributed by atoms with Crippen LogP contribution in [-0.4, -0.2) is 10.2 Å². The molecule has 0 aliphatic heterocycles. The SMILES string of the molecule is Cc1ccc2c(CS)[nH]nc2c1. The molecule has 0 aliphatic rings. The molecule has 0 saturated carbocycles. The summed E-state index contributed by atoms with van der Waals surface area (Å²) in [5.41, 5.74) is 3.35. The summed E-state index contributed by atoms with van der Waals surface area (Å²) in [4.78, 5) is 0. The average molecular weight is 178 g/mol. The molecule has 0 aliphatic carbocycles. The van der Waals surface area contributed by atoms with Gasteiger partial charge in [0.15, 0.2) is 0 Å². The first kappa shape index (κ1) is 7.68. The van der Waals surface area contributed by atoms with Crippen molar-refractivity contribution in [1.82, 2.24) is 10.2 Å². The number of aromatic nitrogens is 2. The van der Waals surface area contributed by atoms with E-state index in [-0.39, 0.29) is 0 Å². The van der Waals surface area contributed by atoms with E-state index in [1.807, 2.05) is 0 Å². The molecule has 0 radical (unpaired) electrons. The van der Waals surface area contributed by atoms with Gasteiger partial charge in [-0.1, -0.05) is 12.1 Å². The monoisotopic (exact) mass is 178 g/mol. The van der Waals surface area contributed by atoms with Crippen molar-refractivity contribution in [1.29, 1.82) is 0 Å². The summed E-state index contributed by atoms with van der Waals surface area (Å²) >= 11 is 4.21. The number of aryl methyl sites for hydroxylation is 1. The topological polar surface area (TPSA) is 28.7 Å². The number of thiol groups is 1. The maximum Gasteiger partial charge on any atom is 0.0926 e. The molecule has 1 N–H and O–H groups in total. The fourth-order valence-electron chi connectivity index (χ4n) is 1.30. The van der Waals surface area contributed by atoms with Crippen molar-refractivity contribution < 1.29 is 0 Å². The zero-order chi connectivity index (χ0) is 8.55. The van der Waals surface area contributed by atoms with Crippen molar-refractivity contribution in [2.45, 2.75) is 12.7 Å². The highest BCUT2D eigenvalue weighted by atomic mass is 32.1. The summed E-state index contributed by atoms with van der Waals surface area (Å²) < 4.78 is 0. The average Bonchev–Trinajstić information content (AvgIpc) is 2.46. The van der Waals surface area contributed by atoms with Gasteiger partial charge in [0.25, 0.3) is 0 Å². The van der Waals surface area contributed by atoms with Crippen molar-refractivity contribution in [2.75, 3.05) is 0 Å².